The van der Waals surface area contributed by atoms with Gasteiger partial charge in [0.25, 0.3) is 0 Å². The fourth-order valence-corrected chi connectivity index (χ4v) is 2.35. The van der Waals surface area contributed by atoms with E-state index in [9.17, 15) is 4.39 Å². The van der Waals surface area contributed by atoms with E-state index in [0.717, 1.165) is 6.54 Å². The molecule has 128 valence electrons. The molecule has 0 bridgehead atoms. The lowest BCUT2D eigenvalue weighted by Crippen LogP contribution is -2.36. The minimum atomic E-state index is -0.211. The molecular formula is C19H25FN4. The van der Waals surface area contributed by atoms with Crippen LogP contribution >= 0.6 is 0 Å². The highest BCUT2D eigenvalue weighted by atomic mass is 19.1. The summed E-state index contributed by atoms with van der Waals surface area (Å²) in [7, 11) is 5.82. The topological polar surface area (TPSA) is 39.7 Å². The highest BCUT2D eigenvalue weighted by molar-refractivity contribution is 5.79. The van der Waals surface area contributed by atoms with Crippen LogP contribution in [0.25, 0.3) is 0 Å². The Morgan fingerprint density at radius 3 is 2.21 bits per heavy atom. The third kappa shape index (κ3) is 5.66. The van der Waals surface area contributed by atoms with Gasteiger partial charge in [-0.3, -0.25) is 4.99 Å². The van der Waals surface area contributed by atoms with Crippen molar-refractivity contribution in [2.24, 2.45) is 4.99 Å². The molecule has 5 heteroatoms. The minimum absolute atomic E-state index is 0.211. The summed E-state index contributed by atoms with van der Waals surface area (Å²) in [5, 5.41) is 6.37. The van der Waals surface area contributed by atoms with Crippen LogP contribution < -0.4 is 10.6 Å². The molecule has 0 aromatic heterocycles. The monoisotopic (exact) mass is 328 g/mol. The molecule has 24 heavy (non-hydrogen) atoms. The summed E-state index contributed by atoms with van der Waals surface area (Å²) in [4.78, 5) is 6.31. The van der Waals surface area contributed by atoms with Crippen molar-refractivity contribution < 1.29 is 4.39 Å². The first-order chi connectivity index (χ1) is 11.6. The first-order valence-electron chi connectivity index (χ1n) is 7.99. The Morgan fingerprint density at radius 1 is 0.958 bits per heavy atom. The second-order valence-electron chi connectivity index (χ2n) is 5.93. The van der Waals surface area contributed by atoms with Crippen LogP contribution in [0.5, 0.6) is 0 Å². The van der Waals surface area contributed by atoms with Crippen LogP contribution in [-0.4, -0.2) is 32.0 Å². The molecule has 0 aliphatic heterocycles. The van der Waals surface area contributed by atoms with E-state index >= 15 is 0 Å². The van der Waals surface area contributed by atoms with Crippen LogP contribution in [0.4, 0.5) is 4.39 Å². The molecule has 2 aromatic carbocycles. The summed E-state index contributed by atoms with van der Waals surface area (Å²) in [6.07, 6.45) is 0. The van der Waals surface area contributed by atoms with Gasteiger partial charge in [0.1, 0.15) is 5.82 Å². The lowest BCUT2D eigenvalue weighted by Gasteiger charge is -2.13. The largest absolute Gasteiger partial charge is 0.352 e. The van der Waals surface area contributed by atoms with Gasteiger partial charge < -0.3 is 15.5 Å². The van der Waals surface area contributed by atoms with Crippen molar-refractivity contribution in [1.82, 2.24) is 15.5 Å². The lowest BCUT2D eigenvalue weighted by molar-refractivity contribution is 0.402. The zero-order chi connectivity index (χ0) is 17.4. The molecule has 2 N–H and O–H groups in total. The number of nitrogens with one attached hydrogen (secondary N) is 2. The molecule has 2 aromatic rings. The average Bonchev–Trinajstić information content (AvgIpc) is 2.57. The molecule has 0 fully saturated rings. The Kier molecular flexibility index (Phi) is 6.75. The Labute approximate surface area is 143 Å². The van der Waals surface area contributed by atoms with Crippen LogP contribution in [0, 0.1) is 5.82 Å². The number of hydrogen-bond donors (Lipinski definition) is 2. The van der Waals surface area contributed by atoms with Crippen LogP contribution in [0.1, 0.15) is 16.7 Å². The molecule has 4 nitrogen and oxygen atoms in total. The molecule has 0 aliphatic carbocycles. The molecule has 0 atom stereocenters. The maximum absolute atomic E-state index is 13.6. The summed E-state index contributed by atoms with van der Waals surface area (Å²) in [5.41, 5.74) is 3.07. The van der Waals surface area contributed by atoms with Crippen molar-refractivity contribution in [2.45, 2.75) is 19.6 Å². The average molecular weight is 328 g/mol. The summed E-state index contributed by atoms with van der Waals surface area (Å²) >= 11 is 0. The molecule has 0 saturated heterocycles. The van der Waals surface area contributed by atoms with Gasteiger partial charge in [0.2, 0.25) is 0 Å². The van der Waals surface area contributed by atoms with Crippen LogP contribution in [0.2, 0.25) is 0 Å². The molecule has 0 saturated carbocycles. The Balaban J connectivity index is 1.84. The van der Waals surface area contributed by atoms with Crippen molar-refractivity contribution >= 4 is 5.96 Å². The Hall–Kier alpha value is -2.40. The van der Waals surface area contributed by atoms with E-state index in [1.165, 1.54) is 17.2 Å². The van der Waals surface area contributed by atoms with E-state index in [4.69, 9.17) is 0 Å². The van der Waals surface area contributed by atoms with Crippen molar-refractivity contribution in [2.75, 3.05) is 21.1 Å². The van der Waals surface area contributed by atoms with Crippen LogP contribution in [0.3, 0.4) is 0 Å². The number of nitrogens with zero attached hydrogens (tertiary/aromatic N) is 2. The second-order valence-corrected chi connectivity index (χ2v) is 5.93. The summed E-state index contributed by atoms with van der Waals surface area (Å²) in [6.45, 7) is 1.99. The zero-order valence-corrected chi connectivity index (χ0v) is 14.5. The Bertz CT molecular complexity index is 665. The quantitative estimate of drug-likeness (QED) is 0.633. The minimum Gasteiger partial charge on any atom is -0.352 e. The molecule has 0 radical (unpaired) electrons. The lowest BCUT2D eigenvalue weighted by atomic mass is 10.1. The highest BCUT2D eigenvalue weighted by Crippen LogP contribution is 2.07. The fraction of sp³-hybridized carbons (Fsp3) is 0.316. The number of hydrogen-bond acceptors (Lipinski definition) is 2. The number of guanidine groups is 1. The molecule has 2 rings (SSSR count). The van der Waals surface area contributed by atoms with Crippen molar-refractivity contribution in [3.63, 3.8) is 0 Å². The van der Waals surface area contributed by atoms with Crippen molar-refractivity contribution in [1.29, 1.82) is 0 Å². The summed E-state index contributed by atoms with van der Waals surface area (Å²) < 4.78 is 13.6. The second kappa shape index (κ2) is 9.03. The SMILES string of the molecule is CN=C(NCc1ccc(CN(C)C)cc1)NCc1ccccc1F. The van der Waals surface area contributed by atoms with E-state index < -0.39 is 0 Å². The third-order valence-electron chi connectivity index (χ3n) is 3.61. The van der Waals surface area contributed by atoms with E-state index in [2.05, 4.69) is 58.9 Å². The van der Waals surface area contributed by atoms with E-state index in [-0.39, 0.29) is 5.82 Å². The van der Waals surface area contributed by atoms with Crippen molar-refractivity contribution in [3.8, 4) is 0 Å². The molecule has 0 amide bonds. The first-order valence-corrected chi connectivity index (χ1v) is 7.99. The molecular weight excluding hydrogens is 303 g/mol. The van der Waals surface area contributed by atoms with Gasteiger partial charge in [0.15, 0.2) is 5.96 Å². The predicted octanol–water partition coefficient (Wildman–Crippen LogP) is 2.75. The highest BCUT2D eigenvalue weighted by Gasteiger charge is 2.03. The normalized spacial score (nSPS) is 11.6. The van der Waals surface area contributed by atoms with Crippen molar-refractivity contribution in [3.05, 3.63) is 71.0 Å². The number of halogens is 1. The van der Waals surface area contributed by atoms with Gasteiger partial charge in [-0.25, -0.2) is 4.39 Å². The van der Waals surface area contributed by atoms with E-state index in [1.54, 1.807) is 19.2 Å². The van der Waals surface area contributed by atoms with Crippen LogP contribution in [-0.2, 0) is 19.6 Å². The predicted molar refractivity (Wildman–Crippen MR) is 97.3 cm³/mol. The zero-order valence-electron chi connectivity index (χ0n) is 14.5. The van der Waals surface area contributed by atoms with Gasteiger partial charge in [0.05, 0.1) is 0 Å². The van der Waals surface area contributed by atoms with Gasteiger partial charge in [-0.2, -0.15) is 0 Å². The standard InChI is InChI=1S/C19H25FN4/c1-21-19(23-13-17-6-4-5-7-18(17)20)22-12-15-8-10-16(11-9-15)14-24(2)3/h4-11H,12-14H2,1-3H3,(H2,21,22,23). The maximum atomic E-state index is 13.6. The third-order valence-corrected chi connectivity index (χ3v) is 3.61. The fourth-order valence-electron chi connectivity index (χ4n) is 2.35. The van der Waals surface area contributed by atoms with E-state index in [1.807, 2.05) is 6.07 Å². The van der Waals surface area contributed by atoms with Gasteiger partial charge in [-0.15, -0.1) is 0 Å². The molecule has 0 unspecified atom stereocenters. The van der Waals surface area contributed by atoms with Gasteiger partial charge in [-0.05, 0) is 31.3 Å². The number of benzene rings is 2. The number of rotatable bonds is 6. The van der Waals surface area contributed by atoms with Gasteiger partial charge in [0, 0.05) is 32.2 Å². The Morgan fingerprint density at radius 2 is 1.58 bits per heavy atom. The summed E-state index contributed by atoms with van der Waals surface area (Å²) in [6, 6.07) is 15.2. The molecule has 0 spiro atoms. The maximum Gasteiger partial charge on any atom is 0.191 e. The molecule has 0 aliphatic rings. The smallest absolute Gasteiger partial charge is 0.191 e. The van der Waals surface area contributed by atoms with Crippen LogP contribution in [0.15, 0.2) is 53.5 Å². The summed E-state index contributed by atoms with van der Waals surface area (Å²) in [5.74, 6) is 0.438. The first kappa shape index (κ1) is 17.9. The van der Waals surface area contributed by atoms with E-state index in [0.29, 0.717) is 24.6 Å². The molecule has 0 heterocycles. The van der Waals surface area contributed by atoms with Gasteiger partial charge in [-0.1, -0.05) is 42.5 Å². The number of aliphatic imine (C=N–C) groups is 1. The van der Waals surface area contributed by atoms with Gasteiger partial charge >= 0.3 is 0 Å².